The monoisotopic (exact) mass is 496 g/mol. The second kappa shape index (κ2) is 11.6. The fourth-order valence-corrected chi connectivity index (χ4v) is 4.21. The lowest BCUT2D eigenvalue weighted by Crippen LogP contribution is -2.05. The number of hydrogen-bond acceptors (Lipinski definition) is 11. The van der Waals surface area contributed by atoms with E-state index in [9.17, 15) is 10.5 Å². The molecule has 4 rings (SSSR count). The number of pyridine rings is 4. The lowest BCUT2D eigenvalue weighted by molar-refractivity contribution is 0.196. The molecule has 0 spiro atoms. The Balaban J connectivity index is 1.61. The van der Waals surface area contributed by atoms with E-state index in [1.807, 2.05) is 30.3 Å². The van der Waals surface area contributed by atoms with Crippen molar-refractivity contribution in [2.24, 2.45) is 0 Å². The summed E-state index contributed by atoms with van der Waals surface area (Å²) < 4.78 is 5.29. The van der Waals surface area contributed by atoms with Gasteiger partial charge in [0.15, 0.2) is 0 Å². The first-order valence-corrected chi connectivity index (χ1v) is 11.7. The Morgan fingerprint density at radius 3 is 2.53 bits per heavy atom. The van der Waals surface area contributed by atoms with Gasteiger partial charge in [-0.15, -0.1) is 0 Å². The number of aliphatic hydroxyl groups excluding tert-OH is 1. The summed E-state index contributed by atoms with van der Waals surface area (Å²) in [5.41, 5.74) is 8.94. The van der Waals surface area contributed by atoms with Gasteiger partial charge in [0.25, 0.3) is 0 Å². The van der Waals surface area contributed by atoms with Gasteiger partial charge < -0.3 is 20.9 Å². The maximum absolute atomic E-state index is 9.99. The lowest BCUT2D eigenvalue weighted by Gasteiger charge is -2.13. The minimum Gasteiger partial charge on any atom is -0.475 e. The number of nitriles is 2. The maximum atomic E-state index is 9.99. The average molecular weight is 497 g/mol. The van der Waals surface area contributed by atoms with E-state index >= 15 is 0 Å². The van der Waals surface area contributed by atoms with Crippen molar-refractivity contribution in [1.29, 1.82) is 10.5 Å². The lowest BCUT2D eigenvalue weighted by atomic mass is 9.98. The molecule has 0 aromatic carbocycles. The van der Waals surface area contributed by atoms with E-state index in [2.05, 4.69) is 37.4 Å². The fraction of sp³-hybridized carbons (Fsp3) is 0.120. The Bertz CT molecular complexity index is 1430. The van der Waals surface area contributed by atoms with Gasteiger partial charge in [0.2, 0.25) is 5.88 Å². The summed E-state index contributed by atoms with van der Waals surface area (Å²) in [6.45, 7) is -0.0326. The highest BCUT2D eigenvalue weighted by atomic mass is 32.2. The van der Waals surface area contributed by atoms with Crippen LogP contribution in [0.1, 0.15) is 16.8 Å². The van der Waals surface area contributed by atoms with Crippen LogP contribution in [-0.2, 0) is 5.75 Å². The number of ether oxygens (including phenoxy) is 1. The Labute approximate surface area is 211 Å². The molecule has 0 atom stereocenters. The van der Waals surface area contributed by atoms with E-state index in [1.165, 1.54) is 18.0 Å². The van der Waals surface area contributed by atoms with Crippen LogP contribution >= 0.6 is 11.8 Å². The molecular weight excluding hydrogens is 476 g/mol. The Morgan fingerprint density at radius 1 is 1.03 bits per heavy atom. The molecule has 4 aromatic rings. The Hall–Kier alpha value is -4.71. The van der Waals surface area contributed by atoms with Crippen molar-refractivity contribution in [2.75, 3.05) is 24.3 Å². The molecule has 0 aliphatic rings. The quantitative estimate of drug-likeness (QED) is 0.289. The second-order valence-corrected chi connectivity index (χ2v) is 8.24. The minimum atomic E-state index is -0.139. The van der Waals surface area contributed by atoms with Crippen molar-refractivity contribution in [3.63, 3.8) is 0 Å². The standard InChI is InChI=1S/C25H20N8O2S/c26-12-19-23(16-4-5-22(30-14-16)35-11-10-34)20(13-27)25(33-24(19)28)36-15-18-2-1-3-21(32-18)31-17-6-8-29-9-7-17/h1-9,14,34H,10-11,15H2,(H2,28,33)(H,29,31,32). The van der Waals surface area contributed by atoms with Gasteiger partial charge in [-0.3, -0.25) is 4.98 Å². The van der Waals surface area contributed by atoms with Crippen LogP contribution in [0.4, 0.5) is 17.3 Å². The molecular formula is C25H20N8O2S. The number of nitrogens with two attached hydrogens (primary N) is 1. The first-order valence-electron chi connectivity index (χ1n) is 10.7. The number of nitrogens with one attached hydrogen (secondary N) is 1. The molecule has 0 amide bonds. The highest BCUT2D eigenvalue weighted by Gasteiger charge is 2.21. The molecule has 0 fully saturated rings. The van der Waals surface area contributed by atoms with Crippen molar-refractivity contribution < 1.29 is 9.84 Å². The summed E-state index contributed by atoms with van der Waals surface area (Å²) in [7, 11) is 0. The van der Waals surface area contributed by atoms with Crippen molar-refractivity contribution in [1.82, 2.24) is 19.9 Å². The molecule has 0 saturated heterocycles. The molecule has 0 aliphatic heterocycles. The van der Waals surface area contributed by atoms with Gasteiger partial charge in [-0.2, -0.15) is 10.5 Å². The molecule has 0 unspecified atom stereocenters. The zero-order chi connectivity index (χ0) is 25.3. The Kier molecular flexibility index (Phi) is 7.88. The molecule has 0 aliphatic carbocycles. The summed E-state index contributed by atoms with van der Waals surface area (Å²) >= 11 is 1.30. The molecule has 4 heterocycles. The number of rotatable bonds is 9. The molecule has 4 N–H and O–H groups in total. The number of nitrogens with zero attached hydrogens (tertiary/aromatic N) is 6. The van der Waals surface area contributed by atoms with E-state index in [0.29, 0.717) is 33.6 Å². The largest absolute Gasteiger partial charge is 0.475 e. The van der Waals surface area contributed by atoms with Crippen LogP contribution in [-0.4, -0.2) is 38.3 Å². The summed E-state index contributed by atoms with van der Waals surface area (Å²) in [5, 5.41) is 32.2. The van der Waals surface area contributed by atoms with Gasteiger partial charge in [-0.25, -0.2) is 15.0 Å². The van der Waals surface area contributed by atoms with E-state index < -0.39 is 0 Å². The number of anilines is 3. The van der Waals surface area contributed by atoms with Crippen molar-refractivity contribution in [2.45, 2.75) is 10.8 Å². The number of aliphatic hydroxyl groups is 1. The zero-order valence-corrected chi connectivity index (χ0v) is 19.7. The molecule has 178 valence electrons. The van der Waals surface area contributed by atoms with Crippen LogP contribution in [0.3, 0.4) is 0 Å². The van der Waals surface area contributed by atoms with E-state index in [1.54, 1.807) is 24.5 Å². The number of nitrogen functional groups attached to an aromatic ring is 1. The molecule has 10 nitrogen and oxygen atoms in total. The van der Waals surface area contributed by atoms with Gasteiger partial charge in [-0.05, 0) is 30.3 Å². The first-order chi connectivity index (χ1) is 17.6. The molecule has 11 heteroatoms. The molecule has 0 saturated carbocycles. The number of aromatic nitrogens is 4. The SMILES string of the molecule is N#Cc1c(N)nc(SCc2cccc(Nc3ccncc3)n2)c(C#N)c1-c1ccc(OCCO)nc1. The van der Waals surface area contributed by atoms with Crippen LogP contribution < -0.4 is 15.8 Å². The smallest absolute Gasteiger partial charge is 0.213 e. The summed E-state index contributed by atoms with van der Waals surface area (Å²) in [4.78, 5) is 17.2. The highest BCUT2D eigenvalue weighted by molar-refractivity contribution is 7.98. The Morgan fingerprint density at radius 2 is 1.83 bits per heavy atom. The summed E-state index contributed by atoms with van der Waals surface area (Å²) in [5.74, 6) is 1.43. The van der Waals surface area contributed by atoms with Crippen LogP contribution in [0.25, 0.3) is 11.1 Å². The average Bonchev–Trinajstić information content (AvgIpc) is 2.91. The van der Waals surface area contributed by atoms with Crippen molar-refractivity contribution in [3.05, 3.63) is 77.9 Å². The van der Waals surface area contributed by atoms with E-state index in [-0.39, 0.29) is 30.2 Å². The summed E-state index contributed by atoms with van der Waals surface area (Å²) in [6, 6.07) is 16.8. The second-order valence-electron chi connectivity index (χ2n) is 7.27. The topological polar surface area (TPSA) is 167 Å². The van der Waals surface area contributed by atoms with Gasteiger partial charge in [0, 0.05) is 47.2 Å². The minimum absolute atomic E-state index is 0.0238. The van der Waals surface area contributed by atoms with Crippen LogP contribution in [0.15, 0.2) is 66.1 Å². The van der Waals surface area contributed by atoms with Crippen LogP contribution in [0.2, 0.25) is 0 Å². The maximum Gasteiger partial charge on any atom is 0.213 e. The molecule has 0 radical (unpaired) electrons. The van der Waals surface area contributed by atoms with Crippen molar-refractivity contribution in [3.8, 4) is 29.1 Å². The highest BCUT2D eigenvalue weighted by Crippen LogP contribution is 2.36. The third-order valence-corrected chi connectivity index (χ3v) is 5.91. The molecule has 4 aromatic heterocycles. The zero-order valence-electron chi connectivity index (χ0n) is 18.9. The predicted molar refractivity (Wildman–Crippen MR) is 135 cm³/mol. The van der Waals surface area contributed by atoms with Gasteiger partial charge in [0.05, 0.1) is 17.9 Å². The summed E-state index contributed by atoms with van der Waals surface area (Å²) in [6.07, 6.45) is 4.87. The third-order valence-electron chi connectivity index (χ3n) is 4.90. The fourth-order valence-electron chi connectivity index (χ4n) is 3.31. The van der Waals surface area contributed by atoms with Gasteiger partial charge in [-0.1, -0.05) is 17.8 Å². The number of hydrogen-bond donors (Lipinski definition) is 3. The van der Waals surface area contributed by atoms with Gasteiger partial charge in [0.1, 0.15) is 41.0 Å². The normalized spacial score (nSPS) is 10.3. The third kappa shape index (κ3) is 5.67. The van der Waals surface area contributed by atoms with Crippen LogP contribution in [0.5, 0.6) is 5.88 Å². The number of thioether (sulfide) groups is 1. The van der Waals surface area contributed by atoms with Gasteiger partial charge >= 0.3 is 0 Å². The first kappa shape index (κ1) is 24.4. The van der Waals surface area contributed by atoms with E-state index in [4.69, 9.17) is 15.6 Å². The van der Waals surface area contributed by atoms with Crippen LogP contribution in [0, 0.1) is 22.7 Å². The molecule has 36 heavy (non-hydrogen) atoms. The predicted octanol–water partition coefficient (Wildman–Crippen LogP) is 3.67. The van der Waals surface area contributed by atoms with Crippen molar-refractivity contribution >= 4 is 29.1 Å². The van der Waals surface area contributed by atoms with E-state index in [0.717, 1.165) is 11.4 Å². The molecule has 0 bridgehead atoms.